The van der Waals surface area contributed by atoms with Crippen LogP contribution in [0.1, 0.15) is 9.49 Å². The third kappa shape index (κ3) is 1.95. The Morgan fingerprint density at radius 1 is 1.30 bits per heavy atom. The highest BCUT2D eigenvalue weighted by atomic mass is 127. The first kappa shape index (κ1) is 8.01. The lowest BCUT2D eigenvalue weighted by molar-refractivity contribution is 0.301. The van der Waals surface area contributed by atoms with E-state index in [2.05, 4.69) is 22.6 Å². The summed E-state index contributed by atoms with van der Waals surface area (Å²) >= 11 is 2.22. The quantitative estimate of drug-likeness (QED) is 0.628. The monoisotopic (exact) mass is 248 g/mol. The number of benzene rings is 1. The molecule has 0 saturated carbocycles. The third-order valence-electron chi connectivity index (χ3n) is 1.32. The number of aliphatic hydroxyl groups is 1. The van der Waals surface area contributed by atoms with Crippen molar-refractivity contribution in [3.05, 3.63) is 35.9 Å². The summed E-state index contributed by atoms with van der Waals surface area (Å²) in [6.07, 6.45) is 0. The zero-order valence-corrected chi connectivity index (χ0v) is 7.65. The van der Waals surface area contributed by atoms with E-state index in [1.807, 2.05) is 30.3 Å². The van der Waals surface area contributed by atoms with Gasteiger partial charge in [-0.05, 0) is 5.56 Å². The molecule has 1 N–H and O–H groups in total. The van der Waals surface area contributed by atoms with Gasteiger partial charge in [0.25, 0.3) is 0 Å². The maximum atomic E-state index is 8.78. The van der Waals surface area contributed by atoms with Gasteiger partial charge >= 0.3 is 0 Å². The number of hydrogen-bond acceptors (Lipinski definition) is 1. The molecule has 1 nitrogen and oxygen atoms in total. The molecule has 2 heteroatoms. The highest BCUT2D eigenvalue weighted by molar-refractivity contribution is 14.1. The molecular weight excluding hydrogens is 239 g/mol. The molecule has 0 amide bonds. The average Bonchev–Trinajstić information content (AvgIpc) is 2.05. The van der Waals surface area contributed by atoms with Gasteiger partial charge in [-0.3, -0.25) is 0 Å². The SMILES string of the molecule is OCC(I)c1ccccc1. The van der Waals surface area contributed by atoms with Crippen LogP contribution < -0.4 is 0 Å². The standard InChI is InChI=1S/C8H9IO/c9-8(6-10)7-4-2-1-3-5-7/h1-5,8,10H,6H2. The van der Waals surface area contributed by atoms with Gasteiger partial charge in [-0.1, -0.05) is 52.9 Å². The van der Waals surface area contributed by atoms with Crippen LogP contribution in [0, 0.1) is 0 Å². The minimum Gasteiger partial charge on any atom is -0.395 e. The minimum atomic E-state index is 0.213. The van der Waals surface area contributed by atoms with Crippen LogP contribution in [0.5, 0.6) is 0 Å². The molecule has 1 rings (SSSR count). The van der Waals surface area contributed by atoms with Gasteiger partial charge in [-0.25, -0.2) is 0 Å². The molecule has 10 heavy (non-hydrogen) atoms. The number of rotatable bonds is 2. The largest absolute Gasteiger partial charge is 0.395 e. The topological polar surface area (TPSA) is 20.2 Å². The van der Waals surface area contributed by atoms with E-state index in [4.69, 9.17) is 5.11 Å². The molecule has 0 aromatic heterocycles. The van der Waals surface area contributed by atoms with Crippen LogP contribution in [0.3, 0.4) is 0 Å². The molecule has 0 aliphatic rings. The van der Waals surface area contributed by atoms with E-state index in [-0.39, 0.29) is 10.5 Å². The summed E-state index contributed by atoms with van der Waals surface area (Å²) in [5.41, 5.74) is 1.19. The van der Waals surface area contributed by atoms with Crippen molar-refractivity contribution >= 4 is 22.6 Å². The molecule has 1 aromatic rings. The first-order valence-electron chi connectivity index (χ1n) is 3.14. The summed E-state index contributed by atoms with van der Waals surface area (Å²) in [6.45, 7) is 0.213. The second-order valence-corrected chi connectivity index (χ2v) is 3.56. The normalized spacial score (nSPS) is 13.0. The average molecular weight is 248 g/mol. The molecule has 0 bridgehead atoms. The van der Waals surface area contributed by atoms with Gasteiger partial charge in [0.1, 0.15) is 0 Å². The van der Waals surface area contributed by atoms with Crippen molar-refractivity contribution in [2.24, 2.45) is 0 Å². The lowest BCUT2D eigenvalue weighted by Crippen LogP contribution is -1.93. The minimum absolute atomic E-state index is 0.213. The maximum absolute atomic E-state index is 8.78. The summed E-state index contributed by atoms with van der Waals surface area (Å²) in [5, 5.41) is 8.78. The summed E-state index contributed by atoms with van der Waals surface area (Å²) in [6, 6.07) is 9.98. The maximum Gasteiger partial charge on any atom is 0.0590 e. The highest BCUT2D eigenvalue weighted by Gasteiger charge is 2.02. The molecule has 0 heterocycles. The lowest BCUT2D eigenvalue weighted by atomic mass is 10.2. The van der Waals surface area contributed by atoms with Crippen LogP contribution in [-0.4, -0.2) is 11.7 Å². The van der Waals surface area contributed by atoms with Gasteiger partial charge in [-0.2, -0.15) is 0 Å². The van der Waals surface area contributed by atoms with E-state index in [1.165, 1.54) is 5.56 Å². The Hall–Kier alpha value is -0.0900. The van der Waals surface area contributed by atoms with E-state index in [0.717, 1.165) is 0 Å². The molecule has 54 valence electrons. The molecular formula is C8H9IO. The van der Waals surface area contributed by atoms with Crippen molar-refractivity contribution in [2.45, 2.75) is 3.92 Å². The van der Waals surface area contributed by atoms with Crippen LogP contribution in [0.2, 0.25) is 0 Å². The molecule has 1 atom stereocenters. The highest BCUT2D eigenvalue weighted by Crippen LogP contribution is 2.21. The van der Waals surface area contributed by atoms with Crippen LogP contribution in [-0.2, 0) is 0 Å². The molecule has 1 aromatic carbocycles. The first-order valence-corrected chi connectivity index (χ1v) is 4.39. The van der Waals surface area contributed by atoms with Gasteiger partial charge in [0, 0.05) is 0 Å². The Balaban J connectivity index is 2.75. The van der Waals surface area contributed by atoms with Crippen LogP contribution in [0.15, 0.2) is 30.3 Å². The van der Waals surface area contributed by atoms with Crippen molar-refractivity contribution in [1.82, 2.24) is 0 Å². The van der Waals surface area contributed by atoms with Gasteiger partial charge in [0.2, 0.25) is 0 Å². The molecule has 0 spiro atoms. The first-order chi connectivity index (χ1) is 4.84. The molecule has 0 aliphatic heterocycles. The van der Waals surface area contributed by atoms with Crippen LogP contribution in [0.25, 0.3) is 0 Å². The predicted molar refractivity (Wildman–Crippen MR) is 50.3 cm³/mol. The van der Waals surface area contributed by atoms with E-state index in [1.54, 1.807) is 0 Å². The second-order valence-electron chi connectivity index (χ2n) is 2.06. The molecule has 1 unspecified atom stereocenters. The number of aliphatic hydroxyl groups excluding tert-OH is 1. The van der Waals surface area contributed by atoms with Crippen molar-refractivity contribution < 1.29 is 5.11 Å². The summed E-state index contributed by atoms with van der Waals surface area (Å²) < 4.78 is 0.235. The number of hydrogen-bond donors (Lipinski definition) is 1. The smallest absolute Gasteiger partial charge is 0.0590 e. The van der Waals surface area contributed by atoms with Gasteiger partial charge in [0.05, 0.1) is 10.5 Å². The van der Waals surface area contributed by atoms with E-state index in [9.17, 15) is 0 Å². The van der Waals surface area contributed by atoms with Crippen molar-refractivity contribution in [2.75, 3.05) is 6.61 Å². The Morgan fingerprint density at radius 3 is 2.40 bits per heavy atom. The molecule has 0 aliphatic carbocycles. The summed E-state index contributed by atoms with van der Waals surface area (Å²) in [5.74, 6) is 0. The van der Waals surface area contributed by atoms with Crippen molar-refractivity contribution in [3.63, 3.8) is 0 Å². The Bertz CT molecular complexity index is 186. The second kappa shape index (κ2) is 3.93. The fourth-order valence-corrected chi connectivity index (χ4v) is 1.18. The summed E-state index contributed by atoms with van der Waals surface area (Å²) in [7, 11) is 0. The Labute approximate surface area is 74.2 Å². The molecule has 0 saturated heterocycles. The predicted octanol–water partition coefficient (Wildman–Crippen LogP) is 2.16. The van der Waals surface area contributed by atoms with Gasteiger partial charge in [0.15, 0.2) is 0 Å². The fourth-order valence-electron chi connectivity index (χ4n) is 0.767. The van der Waals surface area contributed by atoms with Crippen molar-refractivity contribution in [1.29, 1.82) is 0 Å². The summed E-state index contributed by atoms with van der Waals surface area (Å²) in [4.78, 5) is 0. The van der Waals surface area contributed by atoms with Crippen LogP contribution >= 0.6 is 22.6 Å². The van der Waals surface area contributed by atoms with Crippen molar-refractivity contribution in [3.8, 4) is 0 Å². The molecule has 0 radical (unpaired) electrons. The lowest BCUT2D eigenvalue weighted by Gasteiger charge is -2.04. The van der Waals surface area contributed by atoms with E-state index in [0.29, 0.717) is 0 Å². The van der Waals surface area contributed by atoms with E-state index >= 15 is 0 Å². The Morgan fingerprint density at radius 2 is 1.90 bits per heavy atom. The zero-order chi connectivity index (χ0) is 7.40. The number of halogens is 1. The number of alkyl halides is 1. The fraction of sp³-hybridized carbons (Fsp3) is 0.250. The zero-order valence-electron chi connectivity index (χ0n) is 5.50. The third-order valence-corrected chi connectivity index (χ3v) is 2.43. The Kier molecular flexibility index (Phi) is 3.15. The van der Waals surface area contributed by atoms with Gasteiger partial charge < -0.3 is 5.11 Å². The van der Waals surface area contributed by atoms with Gasteiger partial charge in [-0.15, -0.1) is 0 Å². The van der Waals surface area contributed by atoms with E-state index < -0.39 is 0 Å². The van der Waals surface area contributed by atoms with Crippen LogP contribution in [0.4, 0.5) is 0 Å². The molecule has 0 fully saturated rings.